The van der Waals surface area contributed by atoms with Gasteiger partial charge in [-0.05, 0) is 47.8 Å². The third-order valence-electron chi connectivity index (χ3n) is 4.80. The van der Waals surface area contributed by atoms with Gasteiger partial charge in [0.15, 0.2) is 5.58 Å². The predicted molar refractivity (Wildman–Crippen MR) is 140 cm³/mol. The quantitative estimate of drug-likeness (QED) is 0.119. The van der Waals surface area contributed by atoms with Crippen LogP contribution in [-0.4, -0.2) is 77.7 Å². The molecule has 0 bridgehead atoms. The van der Waals surface area contributed by atoms with Crippen LogP contribution in [0.5, 0.6) is 0 Å². The number of rotatable bonds is 14. The Morgan fingerprint density at radius 2 is 1.32 bits per heavy atom. The number of ether oxygens (including phenoxy) is 6. The van der Waals surface area contributed by atoms with E-state index in [0.29, 0.717) is 42.3 Å². The zero-order valence-electron chi connectivity index (χ0n) is 20.5. The van der Waals surface area contributed by atoms with Gasteiger partial charge in [-0.3, -0.25) is 4.79 Å². The number of fused-ring (bicyclic) bond motifs is 2. The van der Waals surface area contributed by atoms with Crippen molar-refractivity contribution in [3.63, 3.8) is 0 Å². The number of carbonyl (C=O) groups is 2. The summed E-state index contributed by atoms with van der Waals surface area (Å²) in [6.07, 6.45) is 0. The van der Waals surface area contributed by atoms with Gasteiger partial charge in [0.2, 0.25) is 5.43 Å². The Bertz CT molecular complexity index is 1240. The molecule has 0 saturated carbocycles. The molecule has 10 nitrogen and oxygen atoms in total. The second-order valence-corrected chi connectivity index (χ2v) is 9.23. The molecule has 0 fully saturated rings. The summed E-state index contributed by atoms with van der Waals surface area (Å²) in [5.74, 6) is 0. The summed E-state index contributed by atoms with van der Waals surface area (Å²) in [5.41, 5.74) is 0.299. The van der Waals surface area contributed by atoms with Crippen LogP contribution in [0.2, 0.25) is 0 Å². The van der Waals surface area contributed by atoms with Gasteiger partial charge in [0.05, 0.1) is 55.3 Å². The summed E-state index contributed by atoms with van der Waals surface area (Å²) in [6.45, 7) is 2.14. The third kappa shape index (κ3) is 8.73. The van der Waals surface area contributed by atoms with Crippen molar-refractivity contribution in [3.05, 3.63) is 46.6 Å². The van der Waals surface area contributed by atoms with E-state index in [9.17, 15) is 14.4 Å². The molecule has 0 unspecified atom stereocenters. The Hall–Kier alpha value is -2.61. The molecule has 0 atom stereocenters. The van der Waals surface area contributed by atoms with Crippen LogP contribution in [-0.2, 0) is 28.4 Å². The van der Waals surface area contributed by atoms with Crippen molar-refractivity contribution in [3.8, 4) is 0 Å². The predicted octanol–water partition coefficient (Wildman–Crippen LogP) is 4.73. The molecule has 0 N–H and O–H groups in total. The fourth-order valence-corrected chi connectivity index (χ4v) is 4.70. The van der Waals surface area contributed by atoms with E-state index >= 15 is 0 Å². The summed E-state index contributed by atoms with van der Waals surface area (Å²) in [6, 6.07) is 9.96. The van der Waals surface area contributed by atoms with Crippen molar-refractivity contribution in [2.24, 2.45) is 0 Å². The number of hydrogen-bond acceptors (Lipinski definition) is 12. The summed E-state index contributed by atoms with van der Waals surface area (Å²) < 4.78 is 36.9. The normalized spacial score (nSPS) is 11.2. The average Bonchev–Trinajstić information content (AvgIpc) is 2.90. The highest BCUT2D eigenvalue weighted by Gasteiger charge is 2.21. The molecule has 0 spiro atoms. The maximum absolute atomic E-state index is 13.1. The number of hydrogen-bond donors (Lipinski definition) is 0. The average molecular weight is 553 g/mol. The fourth-order valence-electron chi connectivity index (χ4n) is 3.09. The maximum Gasteiger partial charge on any atom is 0.372 e. The number of benzene rings is 2. The molecule has 2 aromatic carbocycles. The van der Waals surface area contributed by atoms with Crippen molar-refractivity contribution in [1.82, 2.24) is 0 Å². The molecule has 0 radical (unpaired) electrons. The van der Waals surface area contributed by atoms with Gasteiger partial charge in [-0.2, -0.15) is 0 Å². The summed E-state index contributed by atoms with van der Waals surface area (Å²) >= 11 is 1.50. The van der Waals surface area contributed by atoms with E-state index < -0.39 is 10.6 Å². The first-order valence-electron chi connectivity index (χ1n) is 11.4. The molecular weight excluding hydrogens is 524 g/mol. The van der Waals surface area contributed by atoms with Gasteiger partial charge in [0, 0.05) is 19.1 Å². The second kappa shape index (κ2) is 15.6. The molecular formula is C25H28O10S2. The van der Waals surface area contributed by atoms with Crippen LogP contribution >= 0.6 is 23.5 Å². The Kier molecular flexibility index (Phi) is 12.2. The molecule has 37 heavy (non-hydrogen) atoms. The van der Waals surface area contributed by atoms with Crippen LogP contribution in [0.3, 0.4) is 0 Å². The molecule has 1 heterocycles. The Morgan fingerprint density at radius 1 is 0.730 bits per heavy atom. The highest BCUT2D eigenvalue weighted by molar-refractivity contribution is 8.16. The lowest BCUT2D eigenvalue weighted by Gasteiger charge is -2.12. The van der Waals surface area contributed by atoms with Crippen molar-refractivity contribution in [1.29, 1.82) is 0 Å². The van der Waals surface area contributed by atoms with Crippen LogP contribution in [0.25, 0.3) is 21.9 Å². The third-order valence-corrected chi connectivity index (χ3v) is 6.67. The van der Waals surface area contributed by atoms with E-state index in [4.69, 9.17) is 32.8 Å². The van der Waals surface area contributed by atoms with Crippen LogP contribution in [0.1, 0.15) is 0 Å². The molecule has 200 valence electrons. The van der Waals surface area contributed by atoms with Crippen LogP contribution in [0, 0.1) is 0 Å². The summed E-state index contributed by atoms with van der Waals surface area (Å²) in [7, 11) is 3.13. The lowest BCUT2D eigenvalue weighted by atomic mass is 10.1. The highest BCUT2D eigenvalue weighted by atomic mass is 32.2. The number of para-hydroxylation sites is 1. The standard InChI is InChI=1S/C25H28O10S2/c1-29-9-11-31-13-15-33-24(27)36-20-8-7-18-21(26)17-5-3-4-6-19(17)35-22(18)23(20)37-25(28)34-16-14-32-12-10-30-2/h3-8H,9-16H2,1-2H3. The van der Waals surface area contributed by atoms with Gasteiger partial charge in [-0.25, -0.2) is 9.59 Å². The second-order valence-electron chi connectivity index (χ2n) is 7.31. The molecule has 0 aliphatic heterocycles. The van der Waals surface area contributed by atoms with Crippen molar-refractivity contribution in [2.45, 2.75) is 9.79 Å². The fraction of sp³-hybridized carbons (Fsp3) is 0.400. The van der Waals surface area contributed by atoms with Gasteiger partial charge in [-0.15, -0.1) is 0 Å². The first-order valence-corrected chi connectivity index (χ1v) is 13.0. The van der Waals surface area contributed by atoms with E-state index in [1.54, 1.807) is 50.6 Å². The molecule has 0 aliphatic carbocycles. The maximum atomic E-state index is 13.1. The van der Waals surface area contributed by atoms with E-state index in [1.165, 1.54) is 0 Å². The molecule has 12 heteroatoms. The van der Waals surface area contributed by atoms with Crippen molar-refractivity contribution < 1.29 is 42.4 Å². The number of methoxy groups -OCH3 is 2. The van der Waals surface area contributed by atoms with Crippen LogP contribution in [0.15, 0.2) is 55.4 Å². The van der Waals surface area contributed by atoms with Gasteiger partial charge in [0.25, 0.3) is 0 Å². The zero-order valence-corrected chi connectivity index (χ0v) is 22.2. The van der Waals surface area contributed by atoms with Crippen LogP contribution in [0.4, 0.5) is 9.59 Å². The van der Waals surface area contributed by atoms with Crippen molar-refractivity contribution >= 4 is 56.1 Å². The van der Waals surface area contributed by atoms with Crippen LogP contribution < -0.4 is 5.43 Å². The first-order chi connectivity index (χ1) is 18.0. The van der Waals surface area contributed by atoms with Crippen molar-refractivity contribution in [2.75, 3.05) is 67.1 Å². The van der Waals surface area contributed by atoms with E-state index in [1.807, 2.05) is 0 Å². The summed E-state index contributed by atoms with van der Waals surface area (Å²) in [4.78, 5) is 38.8. The van der Waals surface area contributed by atoms with Gasteiger partial charge < -0.3 is 32.8 Å². The van der Waals surface area contributed by atoms with E-state index in [0.717, 1.165) is 23.5 Å². The molecule has 3 rings (SSSR count). The molecule has 0 aliphatic rings. The van der Waals surface area contributed by atoms with Gasteiger partial charge >= 0.3 is 10.6 Å². The van der Waals surface area contributed by atoms with E-state index in [-0.39, 0.29) is 47.7 Å². The topological polar surface area (TPSA) is 120 Å². The molecule has 1 aromatic heterocycles. The summed E-state index contributed by atoms with van der Waals surface area (Å²) in [5, 5.41) is -0.545. The Labute approximate surface area is 221 Å². The monoisotopic (exact) mass is 552 g/mol. The van der Waals surface area contributed by atoms with Gasteiger partial charge in [0.1, 0.15) is 18.8 Å². The highest BCUT2D eigenvalue weighted by Crippen LogP contribution is 2.39. The molecule has 3 aromatic rings. The minimum atomic E-state index is -0.639. The molecule has 0 amide bonds. The molecule has 0 saturated heterocycles. The van der Waals surface area contributed by atoms with E-state index in [2.05, 4.69) is 0 Å². The lowest BCUT2D eigenvalue weighted by Crippen LogP contribution is -2.11. The van der Waals surface area contributed by atoms with Gasteiger partial charge in [-0.1, -0.05) is 12.1 Å². The minimum absolute atomic E-state index is 0.0286. The minimum Gasteiger partial charge on any atom is -0.455 e. The Balaban J connectivity index is 1.78. The smallest absolute Gasteiger partial charge is 0.372 e. The largest absolute Gasteiger partial charge is 0.455 e. The number of thioether (sulfide) groups is 2. The first kappa shape index (κ1) is 29.0. The number of carbonyl (C=O) groups excluding carboxylic acids is 2. The zero-order chi connectivity index (χ0) is 26.5. The lowest BCUT2D eigenvalue weighted by molar-refractivity contribution is 0.0468. The SMILES string of the molecule is COCCOCCOC(=O)Sc1ccc2c(=O)c3ccccc3oc2c1SC(=O)OCCOCCOC. The Morgan fingerprint density at radius 3 is 1.97 bits per heavy atom.